The quantitative estimate of drug-likeness (QED) is 0.806. The van der Waals surface area contributed by atoms with E-state index >= 15 is 0 Å². The van der Waals surface area contributed by atoms with Crippen molar-refractivity contribution in [2.24, 2.45) is 0 Å². The fourth-order valence-electron chi connectivity index (χ4n) is 1.96. The SMILES string of the molecule is COC1CCC(O)OC1c1ccccc1. The predicted octanol–water partition coefficient (Wildman–Crippen LogP) is 1.87. The molecule has 15 heavy (non-hydrogen) atoms. The van der Waals surface area contributed by atoms with Crippen LogP contribution in [0.4, 0.5) is 0 Å². The van der Waals surface area contributed by atoms with E-state index in [1.807, 2.05) is 30.3 Å². The summed E-state index contributed by atoms with van der Waals surface area (Å²) in [5.41, 5.74) is 1.06. The maximum absolute atomic E-state index is 9.48. The van der Waals surface area contributed by atoms with Crippen LogP contribution >= 0.6 is 0 Å². The van der Waals surface area contributed by atoms with E-state index in [4.69, 9.17) is 9.47 Å². The van der Waals surface area contributed by atoms with Crippen LogP contribution in [0.5, 0.6) is 0 Å². The topological polar surface area (TPSA) is 38.7 Å². The molecule has 0 radical (unpaired) electrons. The van der Waals surface area contributed by atoms with E-state index < -0.39 is 6.29 Å². The van der Waals surface area contributed by atoms with Crippen molar-refractivity contribution in [1.82, 2.24) is 0 Å². The average molecular weight is 208 g/mol. The molecule has 1 heterocycles. The summed E-state index contributed by atoms with van der Waals surface area (Å²) in [4.78, 5) is 0. The van der Waals surface area contributed by atoms with Crippen molar-refractivity contribution in [2.75, 3.05) is 7.11 Å². The maximum Gasteiger partial charge on any atom is 0.155 e. The van der Waals surface area contributed by atoms with Gasteiger partial charge in [0.2, 0.25) is 0 Å². The van der Waals surface area contributed by atoms with Gasteiger partial charge in [0.05, 0.1) is 6.10 Å². The van der Waals surface area contributed by atoms with Crippen LogP contribution in [0.1, 0.15) is 24.5 Å². The van der Waals surface area contributed by atoms with Gasteiger partial charge in [0.1, 0.15) is 6.10 Å². The van der Waals surface area contributed by atoms with Crippen LogP contribution < -0.4 is 0 Å². The largest absolute Gasteiger partial charge is 0.378 e. The molecule has 2 rings (SSSR count). The first-order valence-corrected chi connectivity index (χ1v) is 5.22. The maximum atomic E-state index is 9.48. The average Bonchev–Trinajstić information content (AvgIpc) is 2.30. The number of methoxy groups -OCH3 is 1. The Kier molecular flexibility index (Phi) is 3.36. The van der Waals surface area contributed by atoms with Gasteiger partial charge in [-0.1, -0.05) is 30.3 Å². The van der Waals surface area contributed by atoms with Crippen LogP contribution in [0.2, 0.25) is 0 Å². The van der Waals surface area contributed by atoms with Gasteiger partial charge in [-0.25, -0.2) is 0 Å². The summed E-state index contributed by atoms with van der Waals surface area (Å²) >= 11 is 0. The molecule has 0 amide bonds. The Morgan fingerprint density at radius 1 is 1.27 bits per heavy atom. The van der Waals surface area contributed by atoms with Crippen molar-refractivity contribution >= 4 is 0 Å². The molecular weight excluding hydrogens is 192 g/mol. The Morgan fingerprint density at radius 3 is 2.67 bits per heavy atom. The molecule has 1 N–H and O–H groups in total. The van der Waals surface area contributed by atoms with Crippen LogP contribution in [-0.2, 0) is 9.47 Å². The van der Waals surface area contributed by atoms with Gasteiger partial charge in [-0.3, -0.25) is 0 Å². The highest BCUT2D eigenvalue weighted by atomic mass is 16.6. The summed E-state index contributed by atoms with van der Waals surface area (Å²) in [6, 6.07) is 9.88. The van der Waals surface area contributed by atoms with Crippen molar-refractivity contribution in [2.45, 2.75) is 31.3 Å². The Morgan fingerprint density at radius 2 is 2.00 bits per heavy atom. The van der Waals surface area contributed by atoms with E-state index in [2.05, 4.69) is 0 Å². The van der Waals surface area contributed by atoms with Crippen LogP contribution in [0.25, 0.3) is 0 Å². The molecule has 3 nitrogen and oxygen atoms in total. The first-order chi connectivity index (χ1) is 7.31. The normalized spacial score (nSPS) is 31.5. The summed E-state index contributed by atoms with van der Waals surface area (Å²) in [7, 11) is 1.68. The Balaban J connectivity index is 2.17. The fourth-order valence-corrected chi connectivity index (χ4v) is 1.96. The minimum Gasteiger partial charge on any atom is -0.378 e. The van der Waals surface area contributed by atoms with Gasteiger partial charge in [0, 0.05) is 13.5 Å². The zero-order valence-corrected chi connectivity index (χ0v) is 8.80. The second-order valence-corrected chi connectivity index (χ2v) is 3.77. The zero-order valence-electron chi connectivity index (χ0n) is 8.80. The van der Waals surface area contributed by atoms with Crippen molar-refractivity contribution < 1.29 is 14.6 Å². The summed E-state index contributed by atoms with van der Waals surface area (Å²) in [5.74, 6) is 0. The van der Waals surface area contributed by atoms with E-state index in [0.29, 0.717) is 6.42 Å². The first kappa shape index (κ1) is 10.6. The van der Waals surface area contributed by atoms with E-state index in [1.54, 1.807) is 7.11 Å². The standard InChI is InChI=1S/C12H16O3/c1-14-10-7-8-11(13)15-12(10)9-5-3-2-4-6-9/h2-6,10-13H,7-8H2,1H3. The number of hydrogen-bond acceptors (Lipinski definition) is 3. The lowest BCUT2D eigenvalue weighted by molar-refractivity contribution is -0.207. The lowest BCUT2D eigenvalue weighted by Gasteiger charge is -2.33. The van der Waals surface area contributed by atoms with Crippen LogP contribution in [0.3, 0.4) is 0 Å². The Hall–Kier alpha value is -0.900. The molecule has 0 bridgehead atoms. The molecule has 3 atom stereocenters. The second-order valence-electron chi connectivity index (χ2n) is 3.77. The van der Waals surface area contributed by atoms with Crippen LogP contribution in [-0.4, -0.2) is 24.6 Å². The van der Waals surface area contributed by atoms with E-state index in [0.717, 1.165) is 12.0 Å². The van der Waals surface area contributed by atoms with Crippen LogP contribution in [0, 0.1) is 0 Å². The third-order valence-electron chi connectivity index (χ3n) is 2.77. The van der Waals surface area contributed by atoms with E-state index in [-0.39, 0.29) is 12.2 Å². The molecule has 0 spiro atoms. The minimum absolute atomic E-state index is 0.0378. The third kappa shape index (κ3) is 2.37. The summed E-state index contributed by atoms with van der Waals surface area (Å²) < 4.78 is 10.9. The molecule has 0 aromatic heterocycles. The smallest absolute Gasteiger partial charge is 0.155 e. The highest BCUT2D eigenvalue weighted by Crippen LogP contribution is 2.32. The number of aliphatic hydroxyl groups is 1. The second kappa shape index (κ2) is 4.75. The first-order valence-electron chi connectivity index (χ1n) is 5.22. The molecule has 0 aliphatic carbocycles. The minimum atomic E-state index is -0.665. The molecule has 1 fully saturated rings. The zero-order chi connectivity index (χ0) is 10.7. The van der Waals surface area contributed by atoms with Gasteiger partial charge in [0.25, 0.3) is 0 Å². The number of benzene rings is 1. The molecule has 1 aromatic rings. The summed E-state index contributed by atoms with van der Waals surface area (Å²) in [6.45, 7) is 0. The number of ether oxygens (including phenoxy) is 2. The number of rotatable bonds is 2. The van der Waals surface area contributed by atoms with Crippen molar-refractivity contribution in [3.8, 4) is 0 Å². The van der Waals surface area contributed by atoms with Gasteiger partial charge in [0.15, 0.2) is 6.29 Å². The van der Waals surface area contributed by atoms with Crippen molar-refractivity contribution in [3.63, 3.8) is 0 Å². The summed E-state index contributed by atoms with van der Waals surface area (Å²) in [5, 5.41) is 9.48. The lowest BCUT2D eigenvalue weighted by Crippen LogP contribution is -2.33. The monoisotopic (exact) mass is 208 g/mol. The molecule has 1 aliphatic heterocycles. The van der Waals surface area contributed by atoms with Gasteiger partial charge in [-0.05, 0) is 12.0 Å². The molecule has 1 saturated heterocycles. The molecular formula is C12H16O3. The lowest BCUT2D eigenvalue weighted by atomic mass is 9.98. The number of hydrogen-bond donors (Lipinski definition) is 1. The Labute approximate surface area is 89.6 Å². The molecule has 1 aliphatic rings. The van der Waals surface area contributed by atoms with Crippen molar-refractivity contribution in [3.05, 3.63) is 35.9 Å². The molecule has 3 heteroatoms. The molecule has 1 aromatic carbocycles. The van der Waals surface area contributed by atoms with E-state index in [9.17, 15) is 5.11 Å². The van der Waals surface area contributed by atoms with E-state index in [1.165, 1.54) is 0 Å². The predicted molar refractivity (Wildman–Crippen MR) is 56.3 cm³/mol. The summed E-state index contributed by atoms with van der Waals surface area (Å²) in [6.07, 6.45) is 0.691. The van der Waals surface area contributed by atoms with Crippen LogP contribution in [0.15, 0.2) is 30.3 Å². The highest BCUT2D eigenvalue weighted by molar-refractivity contribution is 5.19. The van der Waals surface area contributed by atoms with Crippen molar-refractivity contribution in [1.29, 1.82) is 0 Å². The van der Waals surface area contributed by atoms with Gasteiger partial charge in [-0.2, -0.15) is 0 Å². The van der Waals surface area contributed by atoms with Gasteiger partial charge in [-0.15, -0.1) is 0 Å². The van der Waals surface area contributed by atoms with Gasteiger partial charge < -0.3 is 14.6 Å². The van der Waals surface area contributed by atoms with Gasteiger partial charge >= 0.3 is 0 Å². The highest BCUT2D eigenvalue weighted by Gasteiger charge is 2.31. The molecule has 0 saturated carbocycles. The molecule has 3 unspecified atom stereocenters. The fraction of sp³-hybridized carbons (Fsp3) is 0.500. The molecule has 82 valence electrons. The number of aliphatic hydroxyl groups excluding tert-OH is 1. The Bertz CT molecular complexity index is 299. The third-order valence-corrected chi connectivity index (χ3v) is 2.77.